The zero-order valence-electron chi connectivity index (χ0n) is 11.1. The number of ether oxygens (including phenoxy) is 1. The summed E-state index contributed by atoms with van der Waals surface area (Å²) < 4.78 is 5.45. The Hall–Kier alpha value is -1.18. The Balaban J connectivity index is 2.16. The number of para-hydroxylation sites is 2. The van der Waals surface area contributed by atoms with Gasteiger partial charge in [-0.1, -0.05) is 26.0 Å². The second-order valence-corrected chi connectivity index (χ2v) is 5.26. The molecule has 1 aliphatic heterocycles. The summed E-state index contributed by atoms with van der Waals surface area (Å²) >= 11 is 0. The second-order valence-electron chi connectivity index (χ2n) is 5.26. The van der Waals surface area contributed by atoms with Crippen molar-refractivity contribution in [1.82, 2.24) is 0 Å². The molecule has 0 N–H and O–H groups in total. The lowest BCUT2D eigenvalue weighted by Crippen LogP contribution is -2.37. The predicted molar refractivity (Wildman–Crippen MR) is 72.8 cm³/mol. The molecular weight excluding hydrogens is 210 g/mol. The summed E-state index contributed by atoms with van der Waals surface area (Å²) in [5, 5.41) is 0. The van der Waals surface area contributed by atoms with E-state index in [0.29, 0.717) is 0 Å². The molecule has 0 amide bonds. The van der Waals surface area contributed by atoms with Crippen molar-refractivity contribution in [2.24, 2.45) is 11.8 Å². The van der Waals surface area contributed by atoms with Crippen LogP contribution in [0.25, 0.3) is 0 Å². The minimum atomic E-state index is 0.771. The molecule has 1 aromatic carbocycles. The van der Waals surface area contributed by atoms with Crippen LogP contribution in [-0.4, -0.2) is 20.2 Å². The molecule has 17 heavy (non-hydrogen) atoms. The Bertz CT molecular complexity index is 362. The van der Waals surface area contributed by atoms with Crippen LogP contribution in [0.3, 0.4) is 0 Å². The molecule has 2 rings (SSSR count). The van der Waals surface area contributed by atoms with Gasteiger partial charge in [-0.05, 0) is 36.8 Å². The molecule has 1 fully saturated rings. The van der Waals surface area contributed by atoms with E-state index in [0.717, 1.165) is 30.7 Å². The summed E-state index contributed by atoms with van der Waals surface area (Å²) in [6.45, 7) is 6.98. The molecule has 0 spiro atoms. The van der Waals surface area contributed by atoms with Gasteiger partial charge in [-0.3, -0.25) is 0 Å². The molecule has 1 atom stereocenters. The van der Waals surface area contributed by atoms with E-state index in [1.807, 2.05) is 12.1 Å². The molecule has 1 saturated heterocycles. The maximum Gasteiger partial charge on any atom is 0.142 e. The predicted octanol–water partition coefficient (Wildman–Crippen LogP) is 3.57. The number of nitrogens with zero attached hydrogens (tertiary/aromatic N) is 1. The minimum Gasteiger partial charge on any atom is -0.495 e. The summed E-state index contributed by atoms with van der Waals surface area (Å²) in [6, 6.07) is 8.35. The number of piperidine rings is 1. The number of benzene rings is 1. The van der Waals surface area contributed by atoms with Crippen LogP contribution in [0.5, 0.6) is 5.75 Å². The van der Waals surface area contributed by atoms with Crippen LogP contribution in [0.2, 0.25) is 0 Å². The molecule has 1 aliphatic rings. The first-order chi connectivity index (χ1) is 8.22. The third-order valence-corrected chi connectivity index (χ3v) is 3.83. The van der Waals surface area contributed by atoms with Crippen molar-refractivity contribution >= 4 is 5.69 Å². The van der Waals surface area contributed by atoms with E-state index >= 15 is 0 Å². The lowest BCUT2D eigenvalue weighted by Gasteiger charge is -2.36. The van der Waals surface area contributed by atoms with Gasteiger partial charge in [0.1, 0.15) is 5.75 Å². The Morgan fingerprint density at radius 1 is 1.29 bits per heavy atom. The van der Waals surface area contributed by atoms with Gasteiger partial charge in [0.25, 0.3) is 0 Å². The highest BCUT2D eigenvalue weighted by Gasteiger charge is 2.23. The lowest BCUT2D eigenvalue weighted by molar-refractivity contribution is 0.319. The first-order valence-electron chi connectivity index (χ1n) is 6.60. The lowest BCUT2D eigenvalue weighted by atomic mass is 9.87. The molecule has 0 aliphatic carbocycles. The average Bonchev–Trinajstić information content (AvgIpc) is 2.39. The number of anilines is 1. The van der Waals surface area contributed by atoms with Gasteiger partial charge in [0.05, 0.1) is 12.8 Å². The van der Waals surface area contributed by atoms with E-state index in [4.69, 9.17) is 4.74 Å². The highest BCUT2D eigenvalue weighted by molar-refractivity contribution is 5.58. The van der Waals surface area contributed by atoms with Crippen molar-refractivity contribution < 1.29 is 4.74 Å². The third kappa shape index (κ3) is 2.74. The van der Waals surface area contributed by atoms with Gasteiger partial charge in [0.2, 0.25) is 0 Å². The fourth-order valence-electron chi connectivity index (χ4n) is 2.66. The minimum absolute atomic E-state index is 0.771. The van der Waals surface area contributed by atoms with Gasteiger partial charge in [-0.15, -0.1) is 0 Å². The normalized spacial score (nSPS) is 20.7. The average molecular weight is 233 g/mol. The van der Waals surface area contributed by atoms with Crippen LogP contribution in [0.15, 0.2) is 24.3 Å². The van der Waals surface area contributed by atoms with Crippen molar-refractivity contribution in [3.63, 3.8) is 0 Å². The van der Waals surface area contributed by atoms with Gasteiger partial charge in [-0.25, -0.2) is 0 Å². The van der Waals surface area contributed by atoms with E-state index in [-0.39, 0.29) is 0 Å². The topological polar surface area (TPSA) is 12.5 Å². The van der Waals surface area contributed by atoms with Gasteiger partial charge in [0, 0.05) is 13.1 Å². The Labute approximate surface area is 105 Å². The fraction of sp³-hybridized carbons (Fsp3) is 0.600. The van der Waals surface area contributed by atoms with Crippen molar-refractivity contribution in [2.45, 2.75) is 26.7 Å². The summed E-state index contributed by atoms with van der Waals surface area (Å²) in [7, 11) is 1.75. The molecule has 94 valence electrons. The third-order valence-electron chi connectivity index (χ3n) is 3.83. The van der Waals surface area contributed by atoms with E-state index in [2.05, 4.69) is 30.9 Å². The van der Waals surface area contributed by atoms with Gasteiger partial charge in [-0.2, -0.15) is 0 Å². The first-order valence-corrected chi connectivity index (χ1v) is 6.60. The van der Waals surface area contributed by atoms with Crippen molar-refractivity contribution in [3.8, 4) is 5.75 Å². The molecule has 0 bridgehead atoms. The number of rotatable bonds is 3. The summed E-state index contributed by atoms with van der Waals surface area (Å²) in [5.74, 6) is 2.58. The Morgan fingerprint density at radius 3 is 2.76 bits per heavy atom. The second kappa shape index (κ2) is 5.44. The monoisotopic (exact) mass is 233 g/mol. The van der Waals surface area contributed by atoms with E-state index < -0.39 is 0 Å². The zero-order chi connectivity index (χ0) is 12.3. The zero-order valence-corrected chi connectivity index (χ0v) is 11.1. The highest BCUT2D eigenvalue weighted by atomic mass is 16.5. The van der Waals surface area contributed by atoms with Crippen molar-refractivity contribution in [1.29, 1.82) is 0 Å². The van der Waals surface area contributed by atoms with Crippen molar-refractivity contribution in [2.75, 3.05) is 25.1 Å². The molecular formula is C15H23NO. The molecule has 0 aromatic heterocycles. The van der Waals surface area contributed by atoms with Crippen molar-refractivity contribution in [3.05, 3.63) is 24.3 Å². The fourth-order valence-corrected chi connectivity index (χ4v) is 2.66. The molecule has 0 saturated carbocycles. The SMILES string of the molecule is COc1ccccc1N1CCCC(C(C)C)C1. The first kappa shape index (κ1) is 12.3. The van der Waals surface area contributed by atoms with Crippen LogP contribution in [0.4, 0.5) is 5.69 Å². The van der Waals surface area contributed by atoms with Crippen LogP contribution >= 0.6 is 0 Å². The molecule has 0 radical (unpaired) electrons. The van der Waals surface area contributed by atoms with Gasteiger partial charge in [0.15, 0.2) is 0 Å². The van der Waals surface area contributed by atoms with E-state index in [1.54, 1.807) is 7.11 Å². The number of hydrogen-bond donors (Lipinski definition) is 0. The molecule has 1 unspecified atom stereocenters. The summed E-state index contributed by atoms with van der Waals surface area (Å²) in [4.78, 5) is 2.48. The highest BCUT2D eigenvalue weighted by Crippen LogP contribution is 2.33. The number of methoxy groups -OCH3 is 1. The Morgan fingerprint density at radius 2 is 2.06 bits per heavy atom. The maximum absolute atomic E-state index is 5.45. The Kier molecular flexibility index (Phi) is 3.93. The van der Waals surface area contributed by atoms with E-state index in [1.165, 1.54) is 18.5 Å². The standard InChI is InChI=1S/C15H23NO/c1-12(2)13-7-6-10-16(11-13)14-8-4-5-9-15(14)17-3/h4-5,8-9,12-13H,6-7,10-11H2,1-3H3. The van der Waals surface area contributed by atoms with Gasteiger partial charge >= 0.3 is 0 Å². The molecule has 1 heterocycles. The van der Waals surface area contributed by atoms with Crippen LogP contribution < -0.4 is 9.64 Å². The van der Waals surface area contributed by atoms with E-state index in [9.17, 15) is 0 Å². The largest absolute Gasteiger partial charge is 0.495 e. The summed E-state index contributed by atoms with van der Waals surface area (Å²) in [5.41, 5.74) is 1.25. The maximum atomic E-state index is 5.45. The molecule has 1 aromatic rings. The van der Waals surface area contributed by atoms with Gasteiger partial charge < -0.3 is 9.64 Å². The summed E-state index contributed by atoms with van der Waals surface area (Å²) in [6.07, 6.45) is 2.66. The smallest absolute Gasteiger partial charge is 0.142 e. The van der Waals surface area contributed by atoms with Crippen LogP contribution in [-0.2, 0) is 0 Å². The van der Waals surface area contributed by atoms with Crippen LogP contribution in [0.1, 0.15) is 26.7 Å². The quantitative estimate of drug-likeness (QED) is 0.791. The molecule has 2 heteroatoms. The van der Waals surface area contributed by atoms with Crippen LogP contribution in [0, 0.1) is 11.8 Å². The number of hydrogen-bond acceptors (Lipinski definition) is 2. The molecule has 2 nitrogen and oxygen atoms in total.